The van der Waals surface area contributed by atoms with Crippen molar-refractivity contribution >= 4 is 17.0 Å². The number of hydrogen-bond acceptors (Lipinski definition) is 8. The number of aromatic nitrogens is 6. The maximum absolute atomic E-state index is 12.6. The van der Waals surface area contributed by atoms with Crippen LogP contribution in [0.4, 0.5) is 5.95 Å². The van der Waals surface area contributed by atoms with Gasteiger partial charge in [0.25, 0.3) is 5.56 Å². The number of para-hydroxylation sites is 1. The molecule has 0 aliphatic carbocycles. The molecule has 0 spiro atoms. The minimum Gasteiger partial charge on any atom is -0.340 e. The van der Waals surface area contributed by atoms with E-state index in [1.807, 2.05) is 30.3 Å². The molecule has 0 saturated carbocycles. The summed E-state index contributed by atoms with van der Waals surface area (Å²) in [6.45, 7) is 5.54. The number of rotatable bonds is 4. The van der Waals surface area contributed by atoms with Gasteiger partial charge < -0.3 is 9.42 Å². The van der Waals surface area contributed by atoms with Crippen molar-refractivity contribution in [3.05, 3.63) is 58.6 Å². The van der Waals surface area contributed by atoms with Gasteiger partial charge in [-0.15, -0.1) is 0 Å². The predicted octanol–water partition coefficient (Wildman–Crippen LogP) is 1.12. The Labute approximate surface area is 165 Å². The average molecular weight is 392 g/mol. The van der Waals surface area contributed by atoms with Crippen LogP contribution in [0.15, 0.2) is 45.8 Å². The minimum atomic E-state index is -0.183. The summed E-state index contributed by atoms with van der Waals surface area (Å²) in [5.74, 6) is 1.83. The summed E-state index contributed by atoms with van der Waals surface area (Å²) in [5, 5.41) is 8.79. The minimum absolute atomic E-state index is 0.183. The number of nitrogens with one attached hydrogen (secondary N) is 1. The van der Waals surface area contributed by atoms with Gasteiger partial charge in [0.05, 0.1) is 18.4 Å². The van der Waals surface area contributed by atoms with Gasteiger partial charge in [-0.1, -0.05) is 23.4 Å². The van der Waals surface area contributed by atoms with E-state index in [4.69, 9.17) is 9.51 Å². The molecule has 1 fully saturated rings. The largest absolute Gasteiger partial charge is 0.340 e. The van der Waals surface area contributed by atoms with Crippen LogP contribution in [0.25, 0.3) is 16.7 Å². The molecule has 1 saturated heterocycles. The second kappa shape index (κ2) is 7.13. The van der Waals surface area contributed by atoms with Crippen molar-refractivity contribution in [2.24, 2.45) is 0 Å². The normalized spacial score (nSPS) is 15.3. The summed E-state index contributed by atoms with van der Waals surface area (Å²) in [7, 11) is 0. The van der Waals surface area contributed by atoms with Crippen LogP contribution in [0.5, 0.6) is 0 Å². The molecule has 0 atom stereocenters. The molecule has 1 aliphatic rings. The van der Waals surface area contributed by atoms with Crippen molar-refractivity contribution in [1.82, 2.24) is 34.8 Å². The molecule has 29 heavy (non-hydrogen) atoms. The van der Waals surface area contributed by atoms with Crippen molar-refractivity contribution in [2.45, 2.75) is 13.5 Å². The first kappa shape index (κ1) is 17.6. The highest BCUT2D eigenvalue weighted by Gasteiger charge is 2.22. The number of piperazine rings is 1. The van der Waals surface area contributed by atoms with Gasteiger partial charge in [0.1, 0.15) is 5.39 Å². The van der Waals surface area contributed by atoms with E-state index in [-0.39, 0.29) is 5.56 Å². The molecule has 148 valence electrons. The van der Waals surface area contributed by atoms with E-state index in [2.05, 4.69) is 30.0 Å². The molecule has 0 radical (unpaired) electrons. The third-order valence-corrected chi connectivity index (χ3v) is 5.03. The molecule has 1 aromatic carbocycles. The van der Waals surface area contributed by atoms with Crippen LogP contribution in [0.3, 0.4) is 0 Å². The molecule has 10 nitrogen and oxygen atoms in total. The second-order valence-corrected chi connectivity index (χ2v) is 7.01. The Morgan fingerprint density at radius 3 is 2.62 bits per heavy atom. The van der Waals surface area contributed by atoms with E-state index in [0.29, 0.717) is 35.2 Å². The fourth-order valence-electron chi connectivity index (χ4n) is 3.54. The van der Waals surface area contributed by atoms with Crippen molar-refractivity contribution in [3.8, 4) is 5.69 Å². The monoisotopic (exact) mass is 392 g/mol. The molecule has 4 aromatic rings. The lowest BCUT2D eigenvalue weighted by Crippen LogP contribution is -2.47. The molecule has 3 aromatic heterocycles. The lowest BCUT2D eigenvalue weighted by molar-refractivity contribution is 0.239. The van der Waals surface area contributed by atoms with Crippen molar-refractivity contribution in [1.29, 1.82) is 0 Å². The van der Waals surface area contributed by atoms with Gasteiger partial charge >= 0.3 is 0 Å². The average Bonchev–Trinajstić information content (AvgIpc) is 3.35. The van der Waals surface area contributed by atoms with Gasteiger partial charge in [-0.3, -0.25) is 14.7 Å². The fourth-order valence-corrected chi connectivity index (χ4v) is 3.54. The molecule has 10 heteroatoms. The van der Waals surface area contributed by atoms with Crippen LogP contribution < -0.4 is 10.5 Å². The van der Waals surface area contributed by atoms with Crippen LogP contribution in [0, 0.1) is 6.92 Å². The zero-order valence-corrected chi connectivity index (χ0v) is 15.9. The first-order valence-electron chi connectivity index (χ1n) is 9.47. The molecular weight excluding hydrogens is 372 g/mol. The maximum Gasteiger partial charge on any atom is 0.263 e. The predicted molar refractivity (Wildman–Crippen MR) is 106 cm³/mol. The summed E-state index contributed by atoms with van der Waals surface area (Å²) in [5.41, 5.74) is 1.24. The van der Waals surface area contributed by atoms with E-state index in [0.717, 1.165) is 31.9 Å². The van der Waals surface area contributed by atoms with Crippen LogP contribution >= 0.6 is 0 Å². The lowest BCUT2D eigenvalue weighted by atomic mass is 10.3. The summed E-state index contributed by atoms with van der Waals surface area (Å²) in [4.78, 5) is 28.8. The third kappa shape index (κ3) is 3.38. The van der Waals surface area contributed by atoms with Crippen molar-refractivity contribution in [2.75, 3.05) is 31.1 Å². The zero-order valence-electron chi connectivity index (χ0n) is 15.9. The van der Waals surface area contributed by atoms with Gasteiger partial charge in [-0.2, -0.15) is 15.1 Å². The number of benzene rings is 1. The Kier molecular flexibility index (Phi) is 4.32. The first-order chi connectivity index (χ1) is 14.2. The van der Waals surface area contributed by atoms with Gasteiger partial charge in [0, 0.05) is 33.1 Å². The van der Waals surface area contributed by atoms with E-state index in [9.17, 15) is 4.79 Å². The summed E-state index contributed by atoms with van der Waals surface area (Å²) < 4.78 is 6.73. The number of H-pyrrole nitrogens is 1. The van der Waals surface area contributed by atoms with Crippen LogP contribution in [-0.2, 0) is 6.54 Å². The SMILES string of the molecule is Cc1nc(CN2CCN(c3nc4c(cnn4-c4ccccc4)c(=O)[nH]3)CC2)no1. The van der Waals surface area contributed by atoms with Crippen molar-refractivity contribution < 1.29 is 4.52 Å². The highest BCUT2D eigenvalue weighted by atomic mass is 16.5. The molecule has 1 aliphatic heterocycles. The molecule has 5 rings (SSSR count). The number of nitrogens with zero attached hydrogens (tertiary/aromatic N) is 7. The molecule has 1 N–H and O–H groups in total. The topological polar surface area (TPSA) is 109 Å². The van der Waals surface area contributed by atoms with Gasteiger partial charge in [-0.05, 0) is 12.1 Å². The smallest absolute Gasteiger partial charge is 0.263 e. The first-order valence-corrected chi connectivity index (χ1v) is 9.47. The van der Waals surface area contributed by atoms with Gasteiger partial charge in [0.2, 0.25) is 11.8 Å². The number of aryl methyl sites for hydroxylation is 1. The van der Waals surface area contributed by atoms with Crippen LogP contribution in [-0.4, -0.2) is 61.0 Å². The summed E-state index contributed by atoms with van der Waals surface area (Å²) >= 11 is 0. The van der Waals surface area contributed by atoms with E-state index in [1.54, 1.807) is 17.8 Å². The highest BCUT2D eigenvalue weighted by Crippen LogP contribution is 2.17. The molecule has 0 bridgehead atoms. The summed E-state index contributed by atoms with van der Waals surface area (Å²) in [6, 6.07) is 9.68. The van der Waals surface area contributed by atoms with Gasteiger partial charge in [0.15, 0.2) is 11.5 Å². The number of fused-ring (bicyclic) bond motifs is 1. The standard InChI is InChI=1S/C19H20N8O2/c1-13-21-16(24-29-13)12-25-7-9-26(10-8-25)19-22-17-15(18(28)23-19)11-20-27(17)14-5-3-2-4-6-14/h2-6,11H,7-10,12H2,1H3,(H,22,23,28). The molecule has 0 unspecified atom stereocenters. The van der Waals surface area contributed by atoms with Crippen molar-refractivity contribution in [3.63, 3.8) is 0 Å². The van der Waals surface area contributed by atoms with Crippen LogP contribution in [0.2, 0.25) is 0 Å². The zero-order chi connectivity index (χ0) is 19.8. The molecule has 4 heterocycles. The number of anilines is 1. The Morgan fingerprint density at radius 1 is 1.10 bits per heavy atom. The number of hydrogen-bond donors (Lipinski definition) is 1. The van der Waals surface area contributed by atoms with E-state index < -0.39 is 0 Å². The molecule has 0 amide bonds. The highest BCUT2D eigenvalue weighted by molar-refractivity contribution is 5.76. The van der Waals surface area contributed by atoms with E-state index >= 15 is 0 Å². The van der Waals surface area contributed by atoms with Gasteiger partial charge in [-0.25, -0.2) is 4.68 Å². The Balaban J connectivity index is 1.37. The quantitative estimate of drug-likeness (QED) is 0.550. The fraction of sp³-hybridized carbons (Fsp3) is 0.316. The third-order valence-electron chi connectivity index (χ3n) is 5.03. The Hall–Kier alpha value is -3.53. The maximum atomic E-state index is 12.6. The Morgan fingerprint density at radius 2 is 1.90 bits per heavy atom. The number of aromatic amines is 1. The second-order valence-electron chi connectivity index (χ2n) is 7.01. The van der Waals surface area contributed by atoms with E-state index in [1.165, 1.54) is 0 Å². The lowest BCUT2D eigenvalue weighted by Gasteiger charge is -2.34. The van der Waals surface area contributed by atoms with Crippen LogP contribution in [0.1, 0.15) is 11.7 Å². The Bertz CT molecular complexity index is 1190. The summed E-state index contributed by atoms with van der Waals surface area (Å²) in [6.07, 6.45) is 1.56. The molecular formula is C19H20N8O2.